The number of rotatable bonds is 3. The van der Waals surface area contributed by atoms with Gasteiger partial charge in [0.05, 0.1) is 11.4 Å². The average Bonchev–Trinajstić information content (AvgIpc) is 2.94. The first-order valence-corrected chi connectivity index (χ1v) is 6.28. The number of aromatic nitrogens is 2. The van der Waals surface area contributed by atoms with Gasteiger partial charge in [-0.25, -0.2) is 0 Å². The molecule has 6 heteroatoms. The Labute approximate surface area is 106 Å². The van der Waals surface area contributed by atoms with Gasteiger partial charge in [-0.15, -0.1) is 0 Å². The zero-order valence-corrected chi connectivity index (χ0v) is 10.8. The van der Waals surface area contributed by atoms with Crippen molar-refractivity contribution in [3.63, 3.8) is 0 Å². The molecule has 0 aliphatic carbocycles. The number of hydrogen-bond acceptors (Lipinski definition) is 4. The van der Waals surface area contributed by atoms with Crippen LogP contribution in [0.15, 0.2) is 0 Å². The number of H-pyrrole nitrogens is 1. The fourth-order valence-corrected chi connectivity index (χ4v) is 2.28. The number of hydrogen-bond donors (Lipinski definition) is 3. The molecule has 4 N–H and O–H groups in total. The van der Waals surface area contributed by atoms with Gasteiger partial charge in [0.1, 0.15) is 0 Å². The standard InChI is InChI=1S/C12H20N4O2/c1-7(2)10-9(13)11(15-14-10)12(18)16-4-3-8(5-16)6-17/h7-8,17H,3-6,13H2,1-2H3,(H,14,15). The number of amides is 1. The van der Waals surface area contributed by atoms with Gasteiger partial charge in [-0.3, -0.25) is 9.89 Å². The van der Waals surface area contributed by atoms with Gasteiger partial charge in [0, 0.05) is 25.6 Å². The molecule has 0 spiro atoms. The summed E-state index contributed by atoms with van der Waals surface area (Å²) in [6.45, 7) is 5.36. The Kier molecular flexibility index (Phi) is 3.56. The summed E-state index contributed by atoms with van der Waals surface area (Å²) in [5.41, 5.74) is 7.50. The van der Waals surface area contributed by atoms with E-state index in [-0.39, 0.29) is 24.3 Å². The highest BCUT2D eigenvalue weighted by molar-refractivity contribution is 5.97. The second-order valence-electron chi connectivity index (χ2n) is 5.14. The van der Waals surface area contributed by atoms with Gasteiger partial charge in [0.2, 0.25) is 0 Å². The van der Waals surface area contributed by atoms with Crippen molar-refractivity contribution < 1.29 is 9.90 Å². The van der Waals surface area contributed by atoms with E-state index in [0.29, 0.717) is 24.5 Å². The molecule has 1 aromatic heterocycles. The molecule has 100 valence electrons. The summed E-state index contributed by atoms with van der Waals surface area (Å²) in [6.07, 6.45) is 0.837. The third-order valence-electron chi connectivity index (χ3n) is 3.44. The van der Waals surface area contributed by atoms with Crippen molar-refractivity contribution in [2.45, 2.75) is 26.2 Å². The Morgan fingerprint density at radius 3 is 2.89 bits per heavy atom. The molecule has 6 nitrogen and oxygen atoms in total. The number of nitrogen functional groups attached to an aromatic ring is 1. The highest BCUT2D eigenvalue weighted by Crippen LogP contribution is 2.25. The second-order valence-corrected chi connectivity index (χ2v) is 5.14. The minimum atomic E-state index is -0.147. The van der Waals surface area contributed by atoms with Crippen molar-refractivity contribution in [2.24, 2.45) is 5.92 Å². The number of aromatic amines is 1. The van der Waals surface area contributed by atoms with Gasteiger partial charge < -0.3 is 15.7 Å². The molecule has 1 aromatic rings. The lowest BCUT2D eigenvalue weighted by molar-refractivity contribution is 0.0777. The number of aliphatic hydroxyl groups is 1. The molecule has 0 saturated carbocycles. The molecule has 0 aromatic carbocycles. The van der Waals surface area contributed by atoms with Crippen LogP contribution < -0.4 is 5.73 Å². The quantitative estimate of drug-likeness (QED) is 0.733. The molecule has 2 rings (SSSR count). The van der Waals surface area contributed by atoms with E-state index >= 15 is 0 Å². The average molecular weight is 252 g/mol. The number of nitrogens with two attached hydrogens (primary N) is 1. The number of aliphatic hydroxyl groups excluding tert-OH is 1. The maximum absolute atomic E-state index is 12.2. The SMILES string of the molecule is CC(C)c1[nH]nc(C(=O)N2CCC(CO)C2)c1N. The van der Waals surface area contributed by atoms with Crippen molar-refractivity contribution in [1.29, 1.82) is 0 Å². The summed E-state index contributed by atoms with van der Waals surface area (Å²) in [5.74, 6) is 0.244. The van der Waals surface area contributed by atoms with Crippen LogP contribution in [0.1, 0.15) is 42.4 Å². The van der Waals surface area contributed by atoms with E-state index in [9.17, 15) is 4.79 Å². The van der Waals surface area contributed by atoms with Crippen molar-refractivity contribution in [2.75, 3.05) is 25.4 Å². The molecule has 1 amide bonds. The smallest absolute Gasteiger partial charge is 0.276 e. The van der Waals surface area contributed by atoms with Crippen molar-refractivity contribution >= 4 is 11.6 Å². The number of likely N-dealkylation sites (tertiary alicyclic amines) is 1. The van der Waals surface area contributed by atoms with Crippen molar-refractivity contribution in [1.82, 2.24) is 15.1 Å². The van der Waals surface area contributed by atoms with E-state index in [1.165, 1.54) is 0 Å². The van der Waals surface area contributed by atoms with Crippen LogP contribution in [-0.2, 0) is 0 Å². The number of nitrogens with zero attached hydrogens (tertiary/aromatic N) is 2. The predicted molar refractivity (Wildman–Crippen MR) is 68.2 cm³/mol. The van der Waals surface area contributed by atoms with Gasteiger partial charge in [0.25, 0.3) is 5.91 Å². The molecule has 1 aliphatic rings. The summed E-state index contributed by atoms with van der Waals surface area (Å²) in [5, 5.41) is 15.9. The molecule has 1 fully saturated rings. The number of nitrogens with one attached hydrogen (secondary N) is 1. The zero-order chi connectivity index (χ0) is 13.3. The lowest BCUT2D eigenvalue weighted by atomic mass is 10.1. The van der Waals surface area contributed by atoms with E-state index in [0.717, 1.165) is 12.1 Å². The third-order valence-corrected chi connectivity index (χ3v) is 3.44. The first kappa shape index (κ1) is 12.9. The van der Waals surface area contributed by atoms with Gasteiger partial charge in [-0.2, -0.15) is 5.10 Å². The molecular weight excluding hydrogens is 232 g/mol. The van der Waals surface area contributed by atoms with E-state index in [1.54, 1.807) is 4.90 Å². The maximum Gasteiger partial charge on any atom is 0.276 e. The molecule has 1 unspecified atom stereocenters. The van der Waals surface area contributed by atoms with Crippen LogP contribution >= 0.6 is 0 Å². The monoisotopic (exact) mass is 252 g/mol. The Hall–Kier alpha value is -1.56. The van der Waals surface area contributed by atoms with Gasteiger partial charge >= 0.3 is 0 Å². The summed E-state index contributed by atoms with van der Waals surface area (Å²) in [7, 11) is 0. The molecule has 1 saturated heterocycles. The summed E-state index contributed by atoms with van der Waals surface area (Å²) in [6, 6.07) is 0. The summed E-state index contributed by atoms with van der Waals surface area (Å²) >= 11 is 0. The van der Waals surface area contributed by atoms with Crippen LogP contribution in [0.25, 0.3) is 0 Å². The van der Waals surface area contributed by atoms with Crippen LogP contribution in [-0.4, -0.2) is 45.8 Å². The highest BCUT2D eigenvalue weighted by atomic mass is 16.3. The van der Waals surface area contributed by atoms with E-state index in [1.807, 2.05) is 13.8 Å². The lowest BCUT2D eigenvalue weighted by Gasteiger charge is -2.15. The minimum absolute atomic E-state index is 0.122. The van der Waals surface area contributed by atoms with Gasteiger partial charge in [0.15, 0.2) is 5.69 Å². The largest absolute Gasteiger partial charge is 0.396 e. The molecule has 1 atom stereocenters. The Balaban J connectivity index is 2.15. The van der Waals surface area contributed by atoms with Crippen molar-refractivity contribution in [3.05, 3.63) is 11.4 Å². The molecule has 18 heavy (non-hydrogen) atoms. The van der Waals surface area contributed by atoms with E-state index in [2.05, 4.69) is 10.2 Å². The highest BCUT2D eigenvalue weighted by Gasteiger charge is 2.29. The molecule has 0 bridgehead atoms. The van der Waals surface area contributed by atoms with Crippen LogP contribution in [0.5, 0.6) is 0 Å². The van der Waals surface area contributed by atoms with E-state index in [4.69, 9.17) is 10.8 Å². The number of carbonyl (C=O) groups is 1. The van der Waals surface area contributed by atoms with Crippen LogP contribution in [0, 0.1) is 5.92 Å². The third kappa shape index (κ3) is 2.20. The van der Waals surface area contributed by atoms with Gasteiger partial charge in [-0.05, 0) is 12.3 Å². The van der Waals surface area contributed by atoms with Crippen LogP contribution in [0.2, 0.25) is 0 Å². The van der Waals surface area contributed by atoms with Crippen LogP contribution in [0.3, 0.4) is 0 Å². The number of carbonyl (C=O) groups excluding carboxylic acids is 1. The second kappa shape index (κ2) is 4.97. The lowest BCUT2D eigenvalue weighted by Crippen LogP contribution is -2.30. The van der Waals surface area contributed by atoms with Gasteiger partial charge in [-0.1, -0.05) is 13.8 Å². The summed E-state index contributed by atoms with van der Waals surface area (Å²) in [4.78, 5) is 14.0. The molecule has 2 heterocycles. The van der Waals surface area contributed by atoms with Crippen molar-refractivity contribution in [3.8, 4) is 0 Å². The number of anilines is 1. The normalized spacial score (nSPS) is 19.8. The predicted octanol–water partition coefficient (Wildman–Crippen LogP) is 0.570. The Bertz CT molecular complexity index is 441. The zero-order valence-electron chi connectivity index (χ0n) is 10.8. The Morgan fingerprint density at radius 2 is 2.39 bits per heavy atom. The molecule has 1 aliphatic heterocycles. The fraction of sp³-hybridized carbons (Fsp3) is 0.667. The van der Waals surface area contributed by atoms with E-state index < -0.39 is 0 Å². The molecular formula is C12H20N4O2. The first-order valence-electron chi connectivity index (χ1n) is 6.28. The Morgan fingerprint density at radius 1 is 1.67 bits per heavy atom. The molecule has 0 radical (unpaired) electrons. The maximum atomic E-state index is 12.2. The summed E-state index contributed by atoms with van der Waals surface area (Å²) < 4.78 is 0. The minimum Gasteiger partial charge on any atom is -0.396 e. The topological polar surface area (TPSA) is 95.2 Å². The van der Waals surface area contributed by atoms with Crippen LogP contribution in [0.4, 0.5) is 5.69 Å². The first-order chi connectivity index (χ1) is 8.54. The fourth-order valence-electron chi connectivity index (χ4n) is 2.28.